The maximum absolute atomic E-state index is 13.6. The molecular formula is C11H13FN2. The lowest BCUT2D eigenvalue weighted by Gasteiger charge is -2.15. The van der Waals surface area contributed by atoms with Crippen molar-refractivity contribution < 1.29 is 4.39 Å². The Labute approximate surface area is 83.6 Å². The van der Waals surface area contributed by atoms with Crippen molar-refractivity contribution in [3.05, 3.63) is 29.1 Å². The van der Waals surface area contributed by atoms with Gasteiger partial charge in [0.15, 0.2) is 0 Å². The first-order valence-electron chi connectivity index (χ1n) is 4.50. The van der Waals surface area contributed by atoms with Crippen LogP contribution in [0.3, 0.4) is 0 Å². The fraction of sp³-hybridized carbons (Fsp3) is 0.364. The lowest BCUT2D eigenvalue weighted by Crippen LogP contribution is -2.12. The van der Waals surface area contributed by atoms with Crippen LogP contribution in [-0.4, -0.2) is 14.1 Å². The monoisotopic (exact) mass is 192 g/mol. The van der Waals surface area contributed by atoms with E-state index in [0.29, 0.717) is 17.7 Å². The number of nitrogens with zero attached hydrogens (tertiary/aromatic N) is 2. The van der Waals surface area contributed by atoms with Crippen LogP contribution in [0.4, 0.5) is 10.1 Å². The fourth-order valence-electron chi connectivity index (χ4n) is 1.36. The summed E-state index contributed by atoms with van der Waals surface area (Å²) in [6.45, 7) is 1.87. The number of nitriles is 1. The van der Waals surface area contributed by atoms with Gasteiger partial charge in [0.25, 0.3) is 0 Å². The van der Waals surface area contributed by atoms with Crippen LogP contribution in [0.15, 0.2) is 12.1 Å². The molecule has 0 saturated carbocycles. The molecular weight excluding hydrogens is 179 g/mol. The quantitative estimate of drug-likeness (QED) is 0.719. The van der Waals surface area contributed by atoms with Crippen LogP contribution in [-0.2, 0) is 6.42 Å². The van der Waals surface area contributed by atoms with Crippen molar-refractivity contribution >= 4 is 5.69 Å². The van der Waals surface area contributed by atoms with Crippen molar-refractivity contribution in [3.63, 3.8) is 0 Å². The molecule has 0 bridgehead atoms. The highest BCUT2D eigenvalue weighted by molar-refractivity contribution is 5.60. The van der Waals surface area contributed by atoms with Gasteiger partial charge in [-0.3, -0.25) is 0 Å². The molecule has 1 aromatic rings. The number of aryl methyl sites for hydroxylation is 1. The number of anilines is 1. The van der Waals surface area contributed by atoms with Gasteiger partial charge in [-0.05, 0) is 18.1 Å². The predicted molar refractivity (Wildman–Crippen MR) is 54.8 cm³/mol. The summed E-state index contributed by atoms with van der Waals surface area (Å²) in [5, 5.41) is 8.85. The third kappa shape index (κ3) is 1.69. The molecule has 1 rings (SSSR count). The fourth-order valence-corrected chi connectivity index (χ4v) is 1.36. The van der Waals surface area contributed by atoms with Gasteiger partial charge in [-0.25, -0.2) is 4.39 Å². The minimum absolute atomic E-state index is 0.134. The Balaban J connectivity index is 3.38. The van der Waals surface area contributed by atoms with E-state index in [1.165, 1.54) is 0 Å². The third-order valence-corrected chi connectivity index (χ3v) is 2.17. The second kappa shape index (κ2) is 4.10. The van der Waals surface area contributed by atoms with Crippen LogP contribution in [0.2, 0.25) is 0 Å². The summed E-state index contributed by atoms with van der Waals surface area (Å²) in [5.74, 6) is -0.388. The molecule has 0 heterocycles. The van der Waals surface area contributed by atoms with Crippen molar-refractivity contribution in [2.45, 2.75) is 13.3 Å². The number of benzene rings is 1. The Morgan fingerprint density at radius 3 is 2.50 bits per heavy atom. The molecule has 0 radical (unpaired) electrons. The van der Waals surface area contributed by atoms with E-state index in [-0.39, 0.29) is 11.4 Å². The van der Waals surface area contributed by atoms with Gasteiger partial charge in [0.1, 0.15) is 17.4 Å². The van der Waals surface area contributed by atoms with Crippen LogP contribution in [0, 0.1) is 17.1 Å². The van der Waals surface area contributed by atoms with Crippen molar-refractivity contribution in [2.75, 3.05) is 19.0 Å². The molecule has 2 nitrogen and oxygen atoms in total. The standard InChI is InChI=1S/C11H13FN2/c1-4-8-5-6-10(14(2)3)9(7-13)11(8)12/h5-6H,4H2,1-3H3. The molecule has 0 unspecified atom stereocenters. The van der Waals surface area contributed by atoms with Crippen LogP contribution < -0.4 is 4.90 Å². The van der Waals surface area contributed by atoms with Crippen LogP contribution in [0.1, 0.15) is 18.1 Å². The molecule has 0 aliphatic rings. The topological polar surface area (TPSA) is 27.0 Å². The van der Waals surface area contributed by atoms with Gasteiger partial charge in [0.2, 0.25) is 0 Å². The first kappa shape index (κ1) is 10.5. The van der Waals surface area contributed by atoms with Crippen molar-refractivity contribution in [3.8, 4) is 6.07 Å². The van der Waals surface area contributed by atoms with Gasteiger partial charge >= 0.3 is 0 Å². The number of rotatable bonds is 2. The molecule has 0 fully saturated rings. The van der Waals surface area contributed by atoms with E-state index in [1.54, 1.807) is 31.1 Å². The minimum atomic E-state index is -0.388. The second-order valence-electron chi connectivity index (χ2n) is 3.29. The summed E-state index contributed by atoms with van der Waals surface area (Å²) in [5.41, 5.74) is 1.35. The second-order valence-corrected chi connectivity index (χ2v) is 3.29. The zero-order valence-corrected chi connectivity index (χ0v) is 8.63. The summed E-state index contributed by atoms with van der Waals surface area (Å²) in [7, 11) is 3.59. The van der Waals surface area contributed by atoms with Gasteiger partial charge in [-0.1, -0.05) is 13.0 Å². The minimum Gasteiger partial charge on any atom is -0.377 e. The van der Waals surface area contributed by atoms with E-state index in [0.717, 1.165) is 0 Å². The summed E-state index contributed by atoms with van der Waals surface area (Å²) in [4.78, 5) is 1.74. The van der Waals surface area contributed by atoms with Crippen molar-refractivity contribution in [2.24, 2.45) is 0 Å². The Hall–Kier alpha value is -1.56. The molecule has 0 spiro atoms. The van der Waals surface area contributed by atoms with Gasteiger partial charge in [0.05, 0.1) is 5.69 Å². The molecule has 0 amide bonds. The van der Waals surface area contributed by atoms with E-state index < -0.39 is 0 Å². The Bertz CT molecular complexity index is 378. The zero-order chi connectivity index (χ0) is 10.7. The number of hydrogen-bond acceptors (Lipinski definition) is 2. The lowest BCUT2D eigenvalue weighted by molar-refractivity contribution is 0.608. The molecule has 0 N–H and O–H groups in total. The molecule has 3 heteroatoms. The maximum atomic E-state index is 13.6. The van der Waals surface area contributed by atoms with Crippen LogP contribution >= 0.6 is 0 Å². The van der Waals surface area contributed by atoms with Crippen LogP contribution in [0.25, 0.3) is 0 Å². The Morgan fingerprint density at radius 1 is 1.43 bits per heavy atom. The smallest absolute Gasteiger partial charge is 0.146 e. The molecule has 1 aromatic carbocycles. The first-order valence-corrected chi connectivity index (χ1v) is 4.50. The summed E-state index contributed by atoms with van der Waals surface area (Å²) < 4.78 is 13.6. The van der Waals surface area contributed by atoms with Crippen molar-refractivity contribution in [1.29, 1.82) is 5.26 Å². The molecule has 0 saturated heterocycles. The Kier molecular flexibility index (Phi) is 3.08. The highest BCUT2D eigenvalue weighted by Crippen LogP contribution is 2.23. The van der Waals surface area contributed by atoms with E-state index in [2.05, 4.69) is 0 Å². The third-order valence-electron chi connectivity index (χ3n) is 2.17. The highest BCUT2D eigenvalue weighted by atomic mass is 19.1. The normalized spacial score (nSPS) is 9.64. The maximum Gasteiger partial charge on any atom is 0.146 e. The number of halogens is 1. The Morgan fingerprint density at radius 2 is 2.07 bits per heavy atom. The average molecular weight is 192 g/mol. The summed E-state index contributed by atoms with van der Waals surface area (Å²) >= 11 is 0. The lowest BCUT2D eigenvalue weighted by atomic mass is 10.1. The van der Waals surface area contributed by atoms with E-state index in [9.17, 15) is 4.39 Å². The molecule has 0 atom stereocenters. The first-order chi connectivity index (χ1) is 6.61. The predicted octanol–water partition coefficient (Wildman–Crippen LogP) is 2.33. The molecule has 0 aromatic heterocycles. The molecule has 0 aliphatic carbocycles. The van der Waals surface area contributed by atoms with E-state index in [1.807, 2.05) is 13.0 Å². The molecule has 14 heavy (non-hydrogen) atoms. The van der Waals surface area contributed by atoms with E-state index >= 15 is 0 Å². The zero-order valence-electron chi connectivity index (χ0n) is 8.63. The van der Waals surface area contributed by atoms with Gasteiger partial charge in [0, 0.05) is 14.1 Å². The van der Waals surface area contributed by atoms with Crippen molar-refractivity contribution in [1.82, 2.24) is 0 Å². The van der Waals surface area contributed by atoms with Gasteiger partial charge in [-0.15, -0.1) is 0 Å². The summed E-state index contributed by atoms with van der Waals surface area (Å²) in [6, 6.07) is 5.41. The average Bonchev–Trinajstić information content (AvgIpc) is 2.17. The van der Waals surface area contributed by atoms with Gasteiger partial charge < -0.3 is 4.90 Å². The van der Waals surface area contributed by atoms with Crippen LogP contribution in [0.5, 0.6) is 0 Å². The molecule has 74 valence electrons. The van der Waals surface area contributed by atoms with Gasteiger partial charge in [-0.2, -0.15) is 5.26 Å². The highest BCUT2D eigenvalue weighted by Gasteiger charge is 2.12. The molecule has 0 aliphatic heterocycles. The number of hydrogen-bond donors (Lipinski definition) is 0. The van der Waals surface area contributed by atoms with E-state index in [4.69, 9.17) is 5.26 Å². The summed E-state index contributed by atoms with van der Waals surface area (Å²) in [6.07, 6.45) is 0.605. The SMILES string of the molecule is CCc1ccc(N(C)C)c(C#N)c1F. The largest absolute Gasteiger partial charge is 0.377 e.